The van der Waals surface area contributed by atoms with Gasteiger partial charge >= 0.3 is 57.4 Å². The van der Waals surface area contributed by atoms with Crippen LogP contribution in [0.25, 0.3) is 0 Å². The average Bonchev–Trinajstić information content (AvgIpc) is 2.36. The van der Waals surface area contributed by atoms with E-state index in [1.165, 1.54) is 0 Å². The summed E-state index contributed by atoms with van der Waals surface area (Å²) in [5.41, 5.74) is 0. The summed E-state index contributed by atoms with van der Waals surface area (Å²) in [5.74, 6) is -0.901. The maximum absolute atomic E-state index is 10.3. The summed E-state index contributed by atoms with van der Waals surface area (Å²) >= 11 is 0. The van der Waals surface area contributed by atoms with Gasteiger partial charge in [-0.25, -0.2) is 4.79 Å². The van der Waals surface area contributed by atoms with Crippen LogP contribution in [0.2, 0.25) is 0 Å². The van der Waals surface area contributed by atoms with Crippen LogP contribution in [0.4, 0.5) is 0 Å². The SMILES string of the molecule is C=C(C(=O)O)[SH]1C=CC=C1.[KH]. The molecule has 0 aromatic heterocycles. The van der Waals surface area contributed by atoms with Crippen LogP contribution >= 0.6 is 10.9 Å². The van der Waals surface area contributed by atoms with Crippen molar-refractivity contribution in [3.05, 3.63) is 34.5 Å². The number of hydrogen-bond acceptors (Lipinski definition) is 1. The molecule has 1 aliphatic rings. The number of thiol groups is 1. The molecular weight excluding hydrogens is 187 g/mol. The third-order valence-electron chi connectivity index (χ3n) is 1.16. The first-order chi connectivity index (χ1) is 4.72. The Morgan fingerprint density at radius 1 is 1.36 bits per heavy atom. The van der Waals surface area contributed by atoms with E-state index in [9.17, 15) is 4.79 Å². The van der Waals surface area contributed by atoms with Gasteiger partial charge < -0.3 is 5.11 Å². The molecule has 0 fully saturated rings. The van der Waals surface area contributed by atoms with Crippen LogP contribution in [0.3, 0.4) is 0 Å². The summed E-state index contributed by atoms with van der Waals surface area (Å²) in [5, 5.41) is 12.2. The molecular formula is C7H9KO2S. The first-order valence-corrected chi connectivity index (χ1v) is 4.25. The van der Waals surface area contributed by atoms with Gasteiger partial charge in [-0.1, -0.05) is 18.7 Å². The summed E-state index contributed by atoms with van der Waals surface area (Å²) in [6, 6.07) is 0. The summed E-state index contributed by atoms with van der Waals surface area (Å²) < 4.78 is 0. The molecule has 11 heavy (non-hydrogen) atoms. The van der Waals surface area contributed by atoms with Gasteiger partial charge in [0.1, 0.15) is 0 Å². The molecule has 0 amide bonds. The molecule has 0 unspecified atom stereocenters. The quantitative estimate of drug-likeness (QED) is 0.392. The standard InChI is InChI=1S/C7H8O2S.K.H/c1-6(7(8)9)10-4-2-3-5-10;;/h2-5,10H,1H2,(H,8,9);;. The summed E-state index contributed by atoms with van der Waals surface area (Å²) in [6.45, 7) is 3.46. The van der Waals surface area contributed by atoms with Crippen LogP contribution in [0.1, 0.15) is 0 Å². The van der Waals surface area contributed by atoms with Gasteiger partial charge in [0.15, 0.2) is 0 Å². The monoisotopic (exact) mass is 196 g/mol. The zero-order valence-corrected chi connectivity index (χ0v) is 6.21. The molecule has 56 valence electrons. The van der Waals surface area contributed by atoms with E-state index in [2.05, 4.69) is 6.58 Å². The van der Waals surface area contributed by atoms with Crippen molar-refractivity contribution in [1.82, 2.24) is 0 Å². The van der Waals surface area contributed by atoms with Crippen molar-refractivity contribution < 1.29 is 9.90 Å². The van der Waals surface area contributed by atoms with E-state index in [1.807, 2.05) is 23.0 Å². The van der Waals surface area contributed by atoms with Gasteiger partial charge in [0.2, 0.25) is 0 Å². The summed E-state index contributed by atoms with van der Waals surface area (Å²) in [7, 11) is -0.701. The van der Waals surface area contributed by atoms with E-state index in [4.69, 9.17) is 5.11 Å². The zero-order chi connectivity index (χ0) is 7.56. The van der Waals surface area contributed by atoms with E-state index in [-0.39, 0.29) is 51.4 Å². The number of hydrogen-bond donors (Lipinski definition) is 2. The molecule has 1 aliphatic heterocycles. The molecule has 0 saturated carbocycles. The van der Waals surface area contributed by atoms with Crippen LogP contribution in [-0.2, 0) is 4.79 Å². The van der Waals surface area contributed by atoms with E-state index in [0.29, 0.717) is 4.91 Å². The Bertz CT molecular complexity index is 221. The number of carboxylic acids is 1. The number of aliphatic carboxylic acids is 1. The van der Waals surface area contributed by atoms with Gasteiger partial charge in [-0.15, -0.1) is 0 Å². The van der Waals surface area contributed by atoms with Gasteiger partial charge in [-0.2, -0.15) is 10.9 Å². The molecule has 0 aromatic rings. The minimum absolute atomic E-state index is 0. The Hall–Kier alpha value is 0.676. The Morgan fingerprint density at radius 3 is 2.18 bits per heavy atom. The Balaban J connectivity index is 0.000001000. The van der Waals surface area contributed by atoms with Crippen LogP contribution in [0.5, 0.6) is 0 Å². The first kappa shape index (κ1) is 11.7. The minimum atomic E-state index is -0.901. The fourth-order valence-electron chi connectivity index (χ4n) is 0.625. The molecule has 0 spiro atoms. The maximum atomic E-state index is 10.3. The molecule has 0 saturated heterocycles. The molecule has 0 atom stereocenters. The van der Waals surface area contributed by atoms with E-state index < -0.39 is 16.9 Å². The van der Waals surface area contributed by atoms with Gasteiger partial charge in [0.25, 0.3) is 0 Å². The molecule has 1 rings (SSSR count). The van der Waals surface area contributed by atoms with Crippen molar-refractivity contribution in [1.29, 1.82) is 0 Å². The van der Waals surface area contributed by atoms with Gasteiger partial charge in [-0.05, 0) is 10.8 Å². The topological polar surface area (TPSA) is 37.3 Å². The van der Waals surface area contributed by atoms with Crippen molar-refractivity contribution in [2.24, 2.45) is 0 Å². The predicted octanol–water partition coefficient (Wildman–Crippen LogP) is 0.978. The van der Waals surface area contributed by atoms with Crippen molar-refractivity contribution >= 4 is 68.2 Å². The second-order valence-corrected chi connectivity index (χ2v) is 3.79. The van der Waals surface area contributed by atoms with Gasteiger partial charge in [0.05, 0.1) is 4.91 Å². The Labute approximate surface area is 111 Å². The average molecular weight is 196 g/mol. The number of rotatable bonds is 2. The molecule has 2 nitrogen and oxygen atoms in total. The third kappa shape index (κ3) is 3.27. The van der Waals surface area contributed by atoms with E-state index >= 15 is 0 Å². The fourth-order valence-corrected chi connectivity index (χ4v) is 1.87. The van der Waals surface area contributed by atoms with E-state index in [0.717, 1.165) is 0 Å². The number of carbonyl (C=O) groups is 1. The molecule has 0 radical (unpaired) electrons. The molecule has 1 N–H and O–H groups in total. The fraction of sp³-hybridized carbons (Fsp3) is 0. The molecule has 0 aliphatic carbocycles. The molecule has 0 aromatic carbocycles. The number of allylic oxidation sites excluding steroid dienone is 2. The second kappa shape index (κ2) is 5.34. The van der Waals surface area contributed by atoms with Crippen LogP contribution in [0, 0.1) is 0 Å². The van der Waals surface area contributed by atoms with Gasteiger partial charge in [-0.3, -0.25) is 0 Å². The van der Waals surface area contributed by atoms with E-state index in [1.54, 1.807) is 0 Å². The zero-order valence-electron chi connectivity index (χ0n) is 5.32. The molecule has 4 heteroatoms. The predicted molar refractivity (Wildman–Crippen MR) is 51.2 cm³/mol. The van der Waals surface area contributed by atoms with Crippen molar-refractivity contribution in [3.63, 3.8) is 0 Å². The van der Waals surface area contributed by atoms with Gasteiger partial charge in [0, 0.05) is 0 Å². The number of carboxylic acid groups (broad SMARTS) is 1. The van der Waals surface area contributed by atoms with Crippen LogP contribution in [-0.4, -0.2) is 62.5 Å². The normalized spacial score (nSPS) is 16.2. The van der Waals surface area contributed by atoms with Crippen molar-refractivity contribution in [3.8, 4) is 0 Å². The summed E-state index contributed by atoms with van der Waals surface area (Å²) in [6.07, 6.45) is 3.69. The molecule has 0 bridgehead atoms. The summed E-state index contributed by atoms with van der Waals surface area (Å²) in [4.78, 5) is 10.6. The second-order valence-electron chi connectivity index (χ2n) is 1.84. The van der Waals surface area contributed by atoms with Crippen molar-refractivity contribution in [2.45, 2.75) is 0 Å². The third-order valence-corrected chi connectivity index (χ3v) is 2.96. The van der Waals surface area contributed by atoms with Crippen LogP contribution < -0.4 is 0 Å². The first-order valence-electron chi connectivity index (χ1n) is 2.77. The molecule has 1 heterocycles. The van der Waals surface area contributed by atoms with Crippen LogP contribution in [0.15, 0.2) is 34.5 Å². The Morgan fingerprint density at radius 2 is 1.82 bits per heavy atom. The van der Waals surface area contributed by atoms with Crippen molar-refractivity contribution in [2.75, 3.05) is 0 Å². The Kier molecular flexibility index (Phi) is 5.67.